The third kappa shape index (κ3) is 5.46. The van der Waals surface area contributed by atoms with Crippen LogP contribution in [-0.4, -0.2) is 79.5 Å². The summed E-state index contributed by atoms with van der Waals surface area (Å²) in [6.45, 7) is 1.24. The molecule has 13 heteroatoms. The van der Waals surface area contributed by atoms with Crippen LogP contribution in [0.15, 0.2) is 64.4 Å². The second-order valence-corrected chi connectivity index (χ2v) is 13.6. The number of halogens is 1. The minimum Gasteiger partial charge on any atom is -0.495 e. The van der Waals surface area contributed by atoms with E-state index >= 15 is 0 Å². The molecule has 0 bridgehead atoms. The molecule has 10 nitrogen and oxygen atoms in total. The van der Waals surface area contributed by atoms with Gasteiger partial charge in [0.1, 0.15) is 16.5 Å². The quantitative estimate of drug-likeness (QED) is 0.386. The normalized spacial score (nSPS) is 16.7. The lowest BCUT2D eigenvalue weighted by atomic mass is 10.0. The van der Waals surface area contributed by atoms with Gasteiger partial charge in [0.15, 0.2) is 11.5 Å². The average Bonchev–Trinajstić information content (AvgIpc) is 2.99. The highest BCUT2D eigenvalue weighted by molar-refractivity contribution is 7.89. The Hall–Kier alpha value is -3.39. The number of anilines is 1. The molecule has 1 saturated heterocycles. The number of piperazine rings is 1. The number of fused-ring (bicyclic) bond motifs is 1. The summed E-state index contributed by atoms with van der Waals surface area (Å²) in [4.78, 5) is 1.63. The van der Waals surface area contributed by atoms with E-state index in [9.17, 15) is 21.2 Å². The van der Waals surface area contributed by atoms with E-state index < -0.39 is 25.9 Å². The second kappa shape index (κ2) is 11.5. The molecular weight excluding hydrogens is 573 g/mol. The first kappa shape index (κ1) is 29.1. The summed E-state index contributed by atoms with van der Waals surface area (Å²) >= 11 is 0. The van der Waals surface area contributed by atoms with E-state index in [0.717, 1.165) is 17.2 Å². The maximum absolute atomic E-state index is 14.2. The number of rotatable bonds is 8. The zero-order valence-electron chi connectivity index (χ0n) is 23.0. The van der Waals surface area contributed by atoms with Crippen molar-refractivity contribution in [3.8, 4) is 17.2 Å². The Labute approximate surface area is 239 Å². The zero-order valence-corrected chi connectivity index (χ0v) is 24.7. The van der Waals surface area contributed by atoms with Gasteiger partial charge in [0.25, 0.3) is 0 Å². The van der Waals surface area contributed by atoms with Crippen LogP contribution >= 0.6 is 0 Å². The number of ether oxygens (including phenoxy) is 3. The Morgan fingerprint density at radius 1 is 0.683 bits per heavy atom. The van der Waals surface area contributed by atoms with Crippen molar-refractivity contribution >= 4 is 25.7 Å². The second-order valence-electron chi connectivity index (χ2n) is 9.72. The molecule has 220 valence electrons. The maximum Gasteiger partial charge on any atom is 0.246 e. The summed E-state index contributed by atoms with van der Waals surface area (Å²) < 4.78 is 86.9. The van der Waals surface area contributed by atoms with Gasteiger partial charge in [-0.05, 0) is 60.0 Å². The fourth-order valence-corrected chi connectivity index (χ4v) is 8.18. The summed E-state index contributed by atoms with van der Waals surface area (Å²) in [6, 6.07) is 13.7. The molecule has 0 radical (unpaired) electrons. The van der Waals surface area contributed by atoms with Crippen LogP contribution in [0, 0.1) is 5.82 Å². The highest BCUT2D eigenvalue weighted by Crippen LogP contribution is 2.37. The van der Waals surface area contributed by atoms with Gasteiger partial charge >= 0.3 is 0 Å². The monoisotopic (exact) mass is 605 g/mol. The molecule has 0 atom stereocenters. The number of methoxy groups -OCH3 is 3. The van der Waals surface area contributed by atoms with Crippen molar-refractivity contribution in [3.05, 3.63) is 71.5 Å². The Bertz CT molecular complexity index is 1660. The lowest BCUT2D eigenvalue weighted by molar-refractivity contribution is 0.348. The van der Waals surface area contributed by atoms with Crippen LogP contribution in [0.2, 0.25) is 0 Å². The minimum absolute atomic E-state index is 0.102. The van der Waals surface area contributed by atoms with Gasteiger partial charge in [0, 0.05) is 39.3 Å². The van der Waals surface area contributed by atoms with Gasteiger partial charge in [0.2, 0.25) is 20.0 Å². The molecule has 0 amide bonds. The summed E-state index contributed by atoms with van der Waals surface area (Å²) in [6.07, 6.45) is 0.524. The van der Waals surface area contributed by atoms with Gasteiger partial charge < -0.3 is 19.1 Å². The van der Waals surface area contributed by atoms with E-state index in [1.165, 1.54) is 47.1 Å². The topological polar surface area (TPSA) is 106 Å². The standard InChI is InChI=1S/C28H32FN3O7S2/c1-37-25-9-8-22(40(33,34)32-11-10-20-16-26(38-2)27(39-3)17-21(20)19-32)18-24(25)30-12-14-31(15-13-30)41(35,36)28-7-5-4-6-23(28)29/h4-9,16-18H,10-15,19H2,1-3H3. The van der Waals surface area contributed by atoms with Crippen molar-refractivity contribution in [2.45, 2.75) is 22.8 Å². The lowest BCUT2D eigenvalue weighted by Crippen LogP contribution is -2.49. The molecule has 0 aliphatic carbocycles. The molecule has 3 aromatic rings. The van der Waals surface area contributed by atoms with Crippen LogP contribution in [0.3, 0.4) is 0 Å². The third-order valence-corrected chi connectivity index (χ3v) is 11.3. The Balaban J connectivity index is 1.37. The van der Waals surface area contributed by atoms with E-state index in [1.807, 2.05) is 17.0 Å². The highest BCUT2D eigenvalue weighted by atomic mass is 32.2. The Kier molecular flexibility index (Phi) is 8.15. The molecule has 5 rings (SSSR count). The van der Waals surface area contributed by atoms with Gasteiger partial charge in [-0.15, -0.1) is 0 Å². The predicted octanol–water partition coefficient (Wildman–Crippen LogP) is 3.11. The average molecular weight is 606 g/mol. The van der Waals surface area contributed by atoms with E-state index in [0.29, 0.717) is 35.9 Å². The molecule has 2 heterocycles. The van der Waals surface area contributed by atoms with Crippen molar-refractivity contribution in [3.63, 3.8) is 0 Å². The molecule has 3 aromatic carbocycles. The van der Waals surface area contributed by atoms with E-state index in [4.69, 9.17) is 14.2 Å². The molecule has 0 aromatic heterocycles. The van der Waals surface area contributed by atoms with Crippen LogP contribution in [-0.2, 0) is 33.0 Å². The van der Waals surface area contributed by atoms with Gasteiger partial charge in [-0.3, -0.25) is 0 Å². The SMILES string of the molecule is COc1cc2c(cc1OC)CN(S(=O)(=O)c1ccc(OC)c(N3CCN(S(=O)(=O)c4ccccc4F)CC3)c1)CC2. The molecule has 2 aliphatic heterocycles. The molecule has 1 fully saturated rings. The van der Waals surface area contributed by atoms with Crippen LogP contribution in [0.25, 0.3) is 0 Å². The zero-order chi connectivity index (χ0) is 29.4. The van der Waals surface area contributed by atoms with Crippen LogP contribution < -0.4 is 19.1 Å². The van der Waals surface area contributed by atoms with E-state index in [2.05, 4.69) is 0 Å². The first-order valence-electron chi connectivity index (χ1n) is 13.0. The largest absolute Gasteiger partial charge is 0.495 e. The molecule has 41 heavy (non-hydrogen) atoms. The molecule has 0 saturated carbocycles. The van der Waals surface area contributed by atoms with E-state index in [1.54, 1.807) is 19.2 Å². The van der Waals surface area contributed by atoms with Crippen molar-refractivity contribution in [2.24, 2.45) is 0 Å². The minimum atomic E-state index is -4.01. The molecule has 0 unspecified atom stereocenters. The van der Waals surface area contributed by atoms with Gasteiger partial charge in [-0.1, -0.05) is 12.1 Å². The first-order chi connectivity index (χ1) is 19.6. The van der Waals surface area contributed by atoms with Crippen LogP contribution in [0.5, 0.6) is 17.2 Å². The highest BCUT2D eigenvalue weighted by Gasteiger charge is 2.33. The predicted molar refractivity (Wildman–Crippen MR) is 151 cm³/mol. The maximum atomic E-state index is 14.2. The molecular formula is C28H32FN3O7S2. The number of nitrogens with zero attached hydrogens (tertiary/aromatic N) is 3. The number of sulfonamides is 2. The Morgan fingerprint density at radius 2 is 1.32 bits per heavy atom. The fraction of sp³-hybridized carbons (Fsp3) is 0.357. The van der Waals surface area contributed by atoms with Crippen molar-refractivity contribution in [1.82, 2.24) is 8.61 Å². The summed E-state index contributed by atoms with van der Waals surface area (Å²) in [5.41, 5.74) is 2.39. The van der Waals surface area contributed by atoms with Crippen molar-refractivity contribution in [1.29, 1.82) is 0 Å². The summed E-state index contributed by atoms with van der Waals surface area (Å²) in [5.74, 6) is 0.806. The fourth-order valence-electron chi connectivity index (χ4n) is 5.25. The first-order valence-corrected chi connectivity index (χ1v) is 15.9. The van der Waals surface area contributed by atoms with Gasteiger partial charge in [-0.2, -0.15) is 8.61 Å². The number of hydrogen-bond donors (Lipinski definition) is 0. The van der Waals surface area contributed by atoms with Crippen molar-refractivity contribution in [2.75, 3.05) is 59.0 Å². The number of hydrogen-bond acceptors (Lipinski definition) is 8. The Morgan fingerprint density at radius 3 is 1.95 bits per heavy atom. The summed E-state index contributed by atoms with van der Waals surface area (Å²) in [7, 11) is -3.29. The molecule has 0 spiro atoms. The lowest BCUT2D eigenvalue weighted by Gasteiger charge is -2.36. The van der Waals surface area contributed by atoms with Gasteiger partial charge in [0.05, 0.1) is 31.9 Å². The number of benzene rings is 3. The smallest absolute Gasteiger partial charge is 0.246 e. The molecule has 2 aliphatic rings. The van der Waals surface area contributed by atoms with Crippen LogP contribution in [0.4, 0.5) is 10.1 Å². The third-order valence-electron chi connectivity index (χ3n) is 7.50. The molecule has 0 N–H and O–H groups in total. The van der Waals surface area contributed by atoms with Crippen LogP contribution in [0.1, 0.15) is 11.1 Å². The summed E-state index contributed by atoms with van der Waals surface area (Å²) in [5, 5.41) is 0. The van der Waals surface area contributed by atoms with E-state index in [-0.39, 0.29) is 42.5 Å². The van der Waals surface area contributed by atoms with Gasteiger partial charge in [-0.25, -0.2) is 21.2 Å². The van der Waals surface area contributed by atoms with Crippen molar-refractivity contribution < 1.29 is 35.4 Å².